The number of ether oxygens (including phenoxy) is 1. The number of fused-ring (bicyclic) bond motifs is 2. The van der Waals surface area contributed by atoms with E-state index < -0.39 is 17.8 Å². The van der Waals surface area contributed by atoms with E-state index in [1.54, 1.807) is 6.92 Å². The van der Waals surface area contributed by atoms with E-state index >= 15 is 0 Å². The molecule has 1 amide bonds. The van der Waals surface area contributed by atoms with E-state index in [1.807, 2.05) is 0 Å². The lowest BCUT2D eigenvalue weighted by Crippen LogP contribution is -2.41. The Morgan fingerprint density at radius 2 is 2.11 bits per heavy atom. The molecule has 0 aromatic carbocycles. The number of rotatable bonds is 3. The summed E-state index contributed by atoms with van der Waals surface area (Å²) < 4.78 is 5.56. The third-order valence-corrected chi connectivity index (χ3v) is 3.95. The maximum atomic E-state index is 12.3. The molecule has 3 heterocycles. The molecule has 2 fully saturated rings. The number of carbonyl (C=O) groups is 2. The smallest absolute Gasteiger partial charge is 0.310 e. The van der Waals surface area contributed by atoms with Crippen LogP contribution in [0.1, 0.15) is 18.5 Å². The molecule has 3 rings (SSSR count). The minimum absolute atomic E-state index is 0.279. The zero-order chi connectivity index (χ0) is 13.6. The van der Waals surface area contributed by atoms with Crippen molar-refractivity contribution in [2.24, 2.45) is 11.8 Å². The number of hydrogen-bond donors (Lipinski definition) is 3. The molecule has 2 aliphatic heterocycles. The maximum Gasteiger partial charge on any atom is 0.310 e. The highest BCUT2D eigenvalue weighted by Gasteiger charge is 2.55. The molecule has 0 spiro atoms. The molecule has 2 saturated heterocycles. The van der Waals surface area contributed by atoms with Crippen LogP contribution in [-0.4, -0.2) is 39.4 Å². The number of aromatic amines is 1. The first-order valence-electron chi connectivity index (χ1n) is 6.27. The third kappa shape index (κ3) is 1.90. The number of aryl methyl sites for hydroxylation is 1. The molecular formula is C12H15N3O4. The predicted octanol–water partition coefficient (Wildman–Crippen LogP) is 0.535. The SMILES string of the molecule is Cc1[nH]ncc1NC(=O)[C@@H]1[C@H](C(=O)O)[C@H]2CC[C@H]1O2. The summed E-state index contributed by atoms with van der Waals surface area (Å²) in [6.45, 7) is 1.79. The van der Waals surface area contributed by atoms with Crippen LogP contribution in [0.4, 0.5) is 5.69 Å². The molecule has 2 bridgehead atoms. The zero-order valence-electron chi connectivity index (χ0n) is 10.4. The second-order valence-electron chi connectivity index (χ2n) is 5.08. The molecule has 1 aromatic heterocycles. The average molecular weight is 265 g/mol. The Kier molecular flexibility index (Phi) is 2.78. The second kappa shape index (κ2) is 4.34. The van der Waals surface area contributed by atoms with E-state index in [9.17, 15) is 14.7 Å². The number of nitrogens with zero attached hydrogens (tertiary/aromatic N) is 1. The van der Waals surface area contributed by atoms with Crippen molar-refractivity contribution >= 4 is 17.6 Å². The van der Waals surface area contributed by atoms with Gasteiger partial charge in [-0.3, -0.25) is 14.7 Å². The Bertz CT molecular complexity index is 527. The van der Waals surface area contributed by atoms with Gasteiger partial charge >= 0.3 is 5.97 Å². The zero-order valence-corrected chi connectivity index (χ0v) is 10.4. The molecule has 7 nitrogen and oxygen atoms in total. The fourth-order valence-electron chi connectivity index (χ4n) is 3.02. The van der Waals surface area contributed by atoms with E-state index in [4.69, 9.17) is 4.74 Å². The van der Waals surface area contributed by atoms with Gasteiger partial charge in [0.15, 0.2) is 0 Å². The monoisotopic (exact) mass is 265 g/mol. The second-order valence-corrected chi connectivity index (χ2v) is 5.08. The van der Waals surface area contributed by atoms with Gasteiger partial charge in [-0.05, 0) is 19.8 Å². The van der Waals surface area contributed by atoms with Crippen LogP contribution in [0.3, 0.4) is 0 Å². The Morgan fingerprint density at radius 1 is 1.42 bits per heavy atom. The van der Waals surface area contributed by atoms with E-state index in [0.29, 0.717) is 5.69 Å². The molecule has 7 heteroatoms. The van der Waals surface area contributed by atoms with Gasteiger partial charge in [0.25, 0.3) is 0 Å². The number of nitrogens with one attached hydrogen (secondary N) is 2. The minimum Gasteiger partial charge on any atom is -0.481 e. The third-order valence-electron chi connectivity index (χ3n) is 3.95. The van der Waals surface area contributed by atoms with Crippen LogP contribution >= 0.6 is 0 Å². The van der Waals surface area contributed by atoms with Gasteiger partial charge in [-0.2, -0.15) is 5.10 Å². The first kappa shape index (κ1) is 12.2. The molecule has 102 valence electrons. The van der Waals surface area contributed by atoms with Crippen molar-refractivity contribution in [3.8, 4) is 0 Å². The van der Waals surface area contributed by atoms with Crippen LogP contribution in [0.5, 0.6) is 0 Å². The van der Waals surface area contributed by atoms with Crippen molar-refractivity contribution in [3.05, 3.63) is 11.9 Å². The quantitative estimate of drug-likeness (QED) is 0.739. The fraction of sp³-hybridized carbons (Fsp3) is 0.583. The van der Waals surface area contributed by atoms with Crippen LogP contribution in [0.15, 0.2) is 6.20 Å². The number of anilines is 1. The number of amides is 1. The highest BCUT2D eigenvalue weighted by Crippen LogP contribution is 2.44. The molecule has 0 radical (unpaired) electrons. The Balaban J connectivity index is 1.79. The van der Waals surface area contributed by atoms with Crippen LogP contribution < -0.4 is 5.32 Å². The van der Waals surface area contributed by atoms with Crippen LogP contribution in [0, 0.1) is 18.8 Å². The lowest BCUT2D eigenvalue weighted by Gasteiger charge is -2.23. The fourth-order valence-corrected chi connectivity index (χ4v) is 3.02. The maximum absolute atomic E-state index is 12.3. The van der Waals surface area contributed by atoms with Crippen molar-refractivity contribution in [2.45, 2.75) is 32.0 Å². The number of H-pyrrole nitrogens is 1. The van der Waals surface area contributed by atoms with Crippen LogP contribution in [0.25, 0.3) is 0 Å². The Morgan fingerprint density at radius 3 is 2.68 bits per heavy atom. The summed E-state index contributed by atoms with van der Waals surface area (Å²) in [6, 6.07) is 0. The van der Waals surface area contributed by atoms with E-state index in [-0.39, 0.29) is 18.1 Å². The van der Waals surface area contributed by atoms with Crippen LogP contribution in [0.2, 0.25) is 0 Å². The molecule has 0 aliphatic carbocycles. The van der Waals surface area contributed by atoms with Gasteiger partial charge in [-0.1, -0.05) is 0 Å². The number of aliphatic carboxylic acids is 1. The topological polar surface area (TPSA) is 104 Å². The summed E-state index contributed by atoms with van der Waals surface area (Å²) in [5.41, 5.74) is 1.32. The summed E-state index contributed by atoms with van der Waals surface area (Å²) in [7, 11) is 0. The van der Waals surface area contributed by atoms with Gasteiger partial charge in [0.05, 0.1) is 41.6 Å². The molecular weight excluding hydrogens is 250 g/mol. The highest BCUT2D eigenvalue weighted by molar-refractivity contribution is 5.96. The average Bonchev–Trinajstić information content (AvgIpc) is 3.04. The van der Waals surface area contributed by atoms with Crippen molar-refractivity contribution in [1.29, 1.82) is 0 Å². The first-order valence-corrected chi connectivity index (χ1v) is 6.27. The molecule has 19 heavy (non-hydrogen) atoms. The standard InChI is InChI=1S/C12H15N3O4/c1-5-6(4-13-15-5)14-11(16)9-7-2-3-8(19-7)10(9)12(17)18/h4,7-10H,2-3H2,1H3,(H,13,15)(H,14,16)(H,17,18)/t7-,8-,9+,10-/m1/s1. The molecule has 3 N–H and O–H groups in total. The van der Waals surface area contributed by atoms with Crippen LogP contribution in [-0.2, 0) is 14.3 Å². The number of hydrogen-bond acceptors (Lipinski definition) is 4. The van der Waals surface area contributed by atoms with Gasteiger partial charge in [0, 0.05) is 0 Å². The van der Waals surface area contributed by atoms with Gasteiger partial charge < -0.3 is 15.2 Å². The van der Waals surface area contributed by atoms with Crippen molar-refractivity contribution < 1.29 is 19.4 Å². The summed E-state index contributed by atoms with van der Waals surface area (Å²) in [5.74, 6) is -2.63. The van der Waals surface area contributed by atoms with Crippen molar-refractivity contribution in [2.75, 3.05) is 5.32 Å². The molecule has 1 aromatic rings. The highest BCUT2D eigenvalue weighted by atomic mass is 16.5. The van der Waals surface area contributed by atoms with Crippen molar-refractivity contribution in [1.82, 2.24) is 10.2 Å². The van der Waals surface area contributed by atoms with Gasteiger partial charge in [0.1, 0.15) is 0 Å². The van der Waals surface area contributed by atoms with E-state index in [0.717, 1.165) is 18.5 Å². The molecule has 0 unspecified atom stereocenters. The Labute approximate surface area is 109 Å². The van der Waals surface area contributed by atoms with E-state index in [2.05, 4.69) is 15.5 Å². The minimum atomic E-state index is -0.962. The van der Waals surface area contributed by atoms with Gasteiger partial charge in [0.2, 0.25) is 5.91 Å². The number of carboxylic acids is 1. The summed E-state index contributed by atoms with van der Waals surface area (Å²) >= 11 is 0. The predicted molar refractivity (Wildman–Crippen MR) is 64.5 cm³/mol. The van der Waals surface area contributed by atoms with Gasteiger partial charge in [-0.25, -0.2) is 0 Å². The lowest BCUT2D eigenvalue weighted by molar-refractivity contribution is -0.147. The first-order chi connectivity index (χ1) is 9.08. The van der Waals surface area contributed by atoms with Crippen molar-refractivity contribution in [3.63, 3.8) is 0 Å². The molecule has 0 saturated carbocycles. The number of carbonyl (C=O) groups excluding carboxylic acids is 1. The summed E-state index contributed by atoms with van der Waals surface area (Å²) in [4.78, 5) is 23.6. The molecule has 2 aliphatic rings. The number of aromatic nitrogens is 2. The van der Waals surface area contributed by atoms with E-state index in [1.165, 1.54) is 6.20 Å². The van der Waals surface area contributed by atoms with Gasteiger partial charge in [-0.15, -0.1) is 0 Å². The molecule has 4 atom stereocenters. The summed E-state index contributed by atoms with van der Waals surface area (Å²) in [5, 5.41) is 18.5. The Hall–Kier alpha value is -1.89. The summed E-state index contributed by atoms with van der Waals surface area (Å²) in [6.07, 6.45) is 2.37. The lowest BCUT2D eigenvalue weighted by atomic mass is 9.78. The number of carboxylic acid groups (broad SMARTS) is 1. The largest absolute Gasteiger partial charge is 0.481 e. The normalized spacial score (nSPS) is 32.5.